The van der Waals surface area contributed by atoms with Crippen LogP contribution in [-0.2, 0) is 0 Å². The lowest BCUT2D eigenvalue weighted by Crippen LogP contribution is -2.00. The number of hydrogen-bond donors (Lipinski definition) is 0. The molecule has 3 nitrogen and oxygen atoms in total. The summed E-state index contributed by atoms with van der Waals surface area (Å²) in [5.41, 5.74) is 1.11. The third-order valence-corrected chi connectivity index (χ3v) is 3.15. The van der Waals surface area contributed by atoms with Crippen LogP contribution in [0.4, 0.5) is 0 Å². The van der Waals surface area contributed by atoms with Crippen LogP contribution in [0.3, 0.4) is 0 Å². The molecule has 0 saturated carbocycles. The lowest BCUT2D eigenvalue weighted by molar-refractivity contribution is 0.302. The van der Waals surface area contributed by atoms with Crippen LogP contribution in [0.15, 0.2) is 30.6 Å². The number of ether oxygens (including phenoxy) is 1. The number of nitrogens with zero attached hydrogens (tertiary/aromatic N) is 2. The minimum atomic E-state index is 0.755. The van der Waals surface area contributed by atoms with Crippen molar-refractivity contribution in [2.45, 2.75) is 45.4 Å². The number of allylic oxidation sites excluding steroid dienone is 4. The molecule has 102 valence electrons. The maximum absolute atomic E-state index is 5.63. The lowest BCUT2D eigenvalue weighted by atomic mass is 10.1. The van der Waals surface area contributed by atoms with Crippen LogP contribution in [-0.4, -0.2) is 16.6 Å². The Labute approximate surface area is 115 Å². The van der Waals surface area contributed by atoms with Crippen LogP contribution in [0.2, 0.25) is 0 Å². The van der Waals surface area contributed by atoms with Crippen LogP contribution in [0.1, 0.15) is 51.3 Å². The molecule has 0 N–H and O–H groups in total. The van der Waals surface area contributed by atoms with Crippen molar-refractivity contribution in [2.75, 3.05) is 6.61 Å². The van der Waals surface area contributed by atoms with Gasteiger partial charge in [0, 0.05) is 5.57 Å². The third-order valence-electron chi connectivity index (χ3n) is 3.15. The van der Waals surface area contributed by atoms with Crippen LogP contribution in [0.25, 0.3) is 5.57 Å². The summed E-state index contributed by atoms with van der Waals surface area (Å²) in [7, 11) is 0. The maximum atomic E-state index is 5.63. The highest BCUT2D eigenvalue weighted by Crippen LogP contribution is 2.19. The zero-order valence-electron chi connectivity index (χ0n) is 11.6. The van der Waals surface area contributed by atoms with Gasteiger partial charge in [0.05, 0.1) is 19.0 Å². The van der Waals surface area contributed by atoms with E-state index in [0.29, 0.717) is 0 Å². The average Bonchev–Trinajstić information content (AvgIpc) is 2.49. The Morgan fingerprint density at radius 2 is 1.95 bits per heavy atom. The summed E-state index contributed by atoms with van der Waals surface area (Å²) in [5, 5.41) is 0. The number of unbranched alkanes of at least 4 members (excludes halogenated alkanes) is 3. The normalized spacial score (nSPS) is 14.3. The summed E-state index contributed by atoms with van der Waals surface area (Å²) in [5.74, 6) is 1.55. The SMILES string of the molecule is CCCCCCOc1cnc(C2=CCCC=C2)nc1. The van der Waals surface area contributed by atoms with Gasteiger partial charge in [-0.1, -0.05) is 44.4 Å². The largest absolute Gasteiger partial charge is 0.490 e. The van der Waals surface area contributed by atoms with Crippen molar-refractivity contribution in [3.8, 4) is 5.75 Å². The summed E-state index contributed by atoms with van der Waals surface area (Å²) in [6, 6.07) is 0. The molecule has 0 aromatic carbocycles. The first kappa shape index (κ1) is 13.8. The van der Waals surface area contributed by atoms with Gasteiger partial charge >= 0.3 is 0 Å². The fourth-order valence-electron chi connectivity index (χ4n) is 2.04. The van der Waals surface area contributed by atoms with Gasteiger partial charge in [0.2, 0.25) is 0 Å². The van der Waals surface area contributed by atoms with E-state index in [4.69, 9.17) is 4.74 Å². The Morgan fingerprint density at radius 1 is 1.11 bits per heavy atom. The molecule has 2 rings (SSSR count). The molecule has 0 saturated heterocycles. The third kappa shape index (κ3) is 4.51. The van der Waals surface area contributed by atoms with Crippen LogP contribution < -0.4 is 4.74 Å². The molecular formula is C16H22N2O. The summed E-state index contributed by atoms with van der Waals surface area (Å²) in [4.78, 5) is 8.72. The van der Waals surface area contributed by atoms with Crippen molar-refractivity contribution in [1.82, 2.24) is 9.97 Å². The molecule has 1 aliphatic rings. The second kappa shape index (κ2) is 7.72. The van der Waals surface area contributed by atoms with Crippen molar-refractivity contribution < 1.29 is 4.74 Å². The van der Waals surface area contributed by atoms with Gasteiger partial charge in [-0.15, -0.1) is 0 Å². The summed E-state index contributed by atoms with van der Waals surface area (Å²) >= 11 is 0. The van der Waals surface area contributed by atoms with Crippen molar-refractivity contribution in [3.05, 3.63) is 36.4 Å². The monoisotopic (exact) mass is 258 g/mol. The van der Waals surface area contributed by atoms with Crippen LogP contribution in [0, 0.1) is 0 Å². The van der Waals surface area contributed by atoms with E-state index in [1.165, 1.54) is 19.3 Å². The number of aromatic nitrogens is 2. The van der Waals surface area contributed by atoms with Gasteiger partial charge in [0.15, 0.2) is 11.6 Å². The Kier molecular flexibility index (Phi) is 5.60. The molecule has 0 atom stereocenters. The molecule has 0 unspecified atom stereocenters. The van der Waals surface area contributed by atoms with E-state index >= 15 is 0 Å². The molecule has 0 fully saturated rings. The molecule has 1 heterocycles. The average molecular weight is 258 g/mol. The molecule has 0 aliphatic heterocycles. The van der Waals surface area contributed by atoms with Gasteiger partial charge < -0.3 is 4.74 Å². The fraction of sp³-hybridized carbons (Fsp3) is 0.500. The van der Waals surface area contributed by atoms with Crippen LogP contribution >= 0.6 is 0 Å². The minimum absolute atomic E-state index is 0.755. The van der Waals surface area contributed by atoms with Gasteiger partial charge in [0.1, 0.15) is 0 Å². The fourth-order valence-corrected chi connectivity index (χ4v) is 2.04. The Bertz CT molecular complexity index is 435. The van der Waals surface area contributed by atoms with E-state index in [-0.39, 0.29) is 0 Å². The number of hydrogen-bond acceptors (Lipinski definition) is 3. The maximum Gasteiger partial charge on any atom is 0.159 e. The van der Waals surface area contributed by atoms with Crippen LogP contribution in [0.5, 0.6) is 5.75 Å². The second-order valence-corrected chi connectivity index (χ2v) is 4.79. The molecule has 0 bridgehead atoms. The van der Waals surface area contributed by atoms with Gasteiger partial charge in [0.25, 0.3) is 0 Å². The van der Waals surface area contributed by atoms with Crippen molar-refractivity contribution in [3.63, 3.8) is 0 Å². The summed E-state index contributed by atoms with van der Waals surface area (Å²) < 4.78 is 5.63. The molecule has 0 radical (unpaired) electrons. The first-order valence-electron chi connectivity index (χ1n) is 7.22. The lowest BCUT2D eigenvalue weighted by Gasteiger charge is -2.07. The Hall–Kier alpha value is -1.64. The van der Waals surface area contributed by atoms with Gasteiger partial charge in [-0.25, -0.2) is 9.97 Å². The first-order chi connectivity index (χ1) is 9.40. The predicted molar refractivity (Wildman–Crippen MR) is 78.0 cm³/mol. The molecule has 19 heavy (non-hydrogen) atoms. The van der Waals surface area contributed by atoms with E-state index in [2.05, 4.69) is 35.1 Å². The zero-order chi connectivity index (χ0) is 13.3. The van der Waals surface area contributed by atoms with E-state index < -0.39 is 0 Å². The van der Waals surface area contributed by atoms with E-state index in [9.17, 15) is 0 Å². The van der Waals surface area contributed by atoms with Crippen molar-refractivity contribution in [2.24, 2.45) is 0 Å². The highest BCUT2D eigenvalue weighted by Gasteiger charge is 2.04. The molecule has 1 aromatic heterocycles. The highest BCUT2D eigenvalue weighted by molar-refractivity contribution is 5.70. The van der Waals surface area contributed by atoms with Gasteiger partial charge in [-0.05, 0) is 19.3 Å². The molecule has 1 aromatic rings. The topological polar surface area (TPSA) is 35.0 Å². The second-order valence-electron chi connectivity index (χ2n) is 4.79. The van der Waals surface area contributed by atoms with Gasteiger partial charge in [-0.3, -0.25) is 0 Å². The molecular weight excluding hydrogens is 236 g/mol. The van der Waals surface area contributed by atoms with E-state index in [1.807, 2.05) is 0 Å². The predicted octanol–water partition coefficient (Wildman–Crippen LogP) is 4.17. The first-order valence-corrected chi connectivity index (χ1v) is 7.22. The molecule has 1 aliphatic carbocycles. The van der Waals surface area contributed by atoms with E-state index in [0.717, 1.165) is 43.0 Å². The Morgan fingerprint density at radius 3 is 2.63 bits per heavy atom. The highest BCUT2D eigenvalue weighted by atomic mass is 16.5. The number of rotatable bonds is 7. The molecule has 3 heteroatoms. The molecule has 0 amide bonds. The molecule has 0 spiro atoms. The quantitative estimate of drug-likeness (QED) is 0.688. The zero-order valence-corrected chi connectivity index (χ0v) is 11.6. The smallest absolute Gasteiger partial charge is 0.159 e. The minimum Gasteiger partial charge on any atom is -0.490 e. The summed E-state index contributed by atoms with van der Waals surface area (Å²) in [6.07, 6.45) is 17.0. The summed E-state index contributed by atoms with van der Waals surface area (Å²) in [6.45, 7) is 2.97. The van der Waals surface area contributed by atoms with Crippen molar-refractivity contribution in [1.29, 1.82) is 0 Å². The Balaban J connectivity index is 1.81. The standard InChI is InChI=1S/C16H22N2O/c1-2-3-4-8-11-19-15-12-17-16(18-13-15)14-9-6-5-7-10-14/h6,9-10,12-13H,2-5,7-8,11H2,1H3. The van der Waals surface area contributed by atoms with Gasteiger partial charge in [-0.2, -0.15) is 0 Å². The van der Waals surface area contributed by atoms with E-state index in [1.54, 1.807) is 12.4 Å². The van der Waals surface area contributed by atoms with Crippen molar-refractivity contribution >= 4 is 5.57 Å².